The first-order valence-electron chi connectivity index (χ1n) is 9.37. The Balaban J connectivity index is 2.02. The van der Waals surface area contributed by atoms with Gasteiger partial charge in [0.25, 0.3) is 0 Å². The van der Waals surface area contributed by atoms with Gasteiger partial charge < -0.3 is 14.4 Å². The molecule has 1 N–H and O–H groups in total. The molecule has 2 aromatic carbocycles. The number of aliphatic carboxylic acids is 1. The smallest absolute Gasteiger partial charge is 0.341 e. The lowest BCUT2D eigenvalue weighted by molar-refractivity contribution is -0.139. The second-order valence-electron chi connectivity index (χ2n) is 6.79. The van der Waals surface area contributed by atoms with E-state index in [0.29, 0.717) is 22.6 Å². The van der Waals surface area contributed by atoms with E-state index in [1.165, 1.54) is 12.1 Å². The van der Waals surface area contributed by atoms with Crippen LogP contribution < -0.4 is 4.74 Å². The molecule has 0 atom stereocenters. The molecule has 156 valence electrons. The number of ether oxygens (including phenoxy) is 1. The van der Waals surface area contributed by atoms with Gasteiger partial charge in [-0.1, -0.05) is 30.3 Å². The van der Waals surface area contributed by atoms with E-state index in [2.05, 4.69) is 0 Å². The maximum absolute atomic E-state index is 14.3. The predicted octanol–water partition coefficient (Wildman–Crippen LogP) is 4.49. The van der Waals surface area contributed by atoms with Gasteiger partial charge >= 0.3 is 5.97 Å². The molecule has 0 fully saturated rings. The minimum Gasteiger partial charge on any atom is -0.481 e. The van der Waals surface area contributed by atoms with E-state index >= 15 is 0 Å². The number of carboxylic acids is 1. The van der Waals surface area contributed by atoms with E-state index in [1.54, 1.807) is 66.9 Å². The Morgan fingerprint density at radius 3 is 2.52 bits per heavy atom. The molecule has 0 amide bonds. The molecule has 3 rings (SSSR count). The number of aromatic nitrogens is 1. The maximum atomic E-state index is 14.3. The summed E-state index contributed by atoms with van der Waals surface area (Å²) in [6.45, 7) is 2.89. The van der Waals surface area contributed by atoms with E-state index in [1.807, 2.05) is 6.07 Å². The van der Waals surface area contributed by atoms with Gasteiger partial charge in [-0.15, -0.1) is 0 Å². The highest BCUT2D eigenvalue weighted by atomic mass is 19.1. The van der Waals surface area contributed by atoms with Crippen molar-refractivity contribution < 1.29 is 23.8 Å². The number of para-hydroxylation sites is 2. The third kappa shape index (κ3) is 4.54. The van der Waals surface area contributed by atoms with Crippen LogP contribution in [-0.4, -0.2) is 28.0 Å². The fraction of sp³-hybridized carbons (Fsp3) is 0.125. The molecule has 3 aromatic rings. The van der Waals surface area contributed by atoms with E-state index < -0.39 is 24.2 Å². The predicted molar refractivity (Wildman–Crippen MR) is 113 cm³/mol. The zero-order valence-corrected chi connectivity index (χ0v) is 16.9. The first kappa shape index (κ1) is 21.5. The Kier molecular flexibility index (Phi) is 6.32. The first-order chi connectivity index (χ1) is 14.8. The molecule has 0 saturated heterocycles. The fourth-order valence-corrected chi connectivity index (χ4v) is 3.32. The molecule has 0 saturated carbocycles. The lowest BCUT2D eigenvalue weighted by Gasteiger charge is -2.11. The van der Waals surface area contributed by atoms with Crippen LogP contribution in [-0.2, 0) is 4.79 Å². The summed E-state index contributed by atoms with van der Waals surface area (Å²) in [6.07, 6.45) is 1.36. The zero-order chi connectivity index (χ0) is 22.5. The number of carboxylic acid groups (broad SMARTS) is 1. The molecule has 31 heavy (non-hydrogen) atoms. The number of ketones is 1. The third-order valence-corrected chi connectivity index (χ3v) is 4.70. The summed E-state index contributed by atoms with van der Waals surface area (Å²) in [7, 11) is 0. The van der Waals surface area contributed by atoms with Crippen molar-refractivity contribution in [2.75, 3.05) is 6.61 Å². The van der Waals surface area contributed by atoms with Gasteiger partial charge in [-0.25, -0.2) is 9.18 Å². The third-order valence-electron chi connectivity index (χ3n) is 4.70. The largest absolute Gasteiger partial charge is 0.481 e. The molecule has 1 aromatic heterocycles. The van der Waals surface area contributed by atoms with Gasteiger partial charge in [0.2, 0.25) is 5.78 Å². The van der Waals surface area contributed by atoms with Crippen LogP contribution in [0.15, 0.2) is 60.2 Å². The Bertz CT molecular complexity index is 1230. The molecule has 0 aliphatic rings. The number of nitrogens with zero attached hydrogens (tertiary/aromatic N) is 2. The second-order valence-corrected chi connectivity index (χ2v) is 6.79. The fourth-order valence-electron chi connectivity index (χ4n) is 3.32. The molecule has 1 heterocycles. The van der Waals surface area contributed by atoms with Crippen LogP contribution >= 0.6 is 0 Å². The Hall–Kier alpha value is -4.18. The number of carbonyl (C=O) groups excluding carboxylic acids is 1. The Morgan fingerprint density at radius 2 is 1.84 bits per heavy atom. The summed E-state index contributed by atoms with van der Waals surface area (Å²) < 4.78 is 21.2. The quantitative estimate of drug-likeness (QED) is 0.347. The number of Topliss-reactive ketones (excluding diaryl/α,β-unsaturated/α-hetero) is 1. The highest BCUT2D eigenvalue weighted by molar-refractivity contribution is 6.15. The second kappa shape index (κ2) is 9.09. The number of benzene rings is 2. The van der Waals surface area contributed by atoms with Crippen LogP contribution in [0.2, 0.25) is 0 Å². The van der Waals surface area contributed by atoms with Gasteiger partial charge in [-0.3, -0.25) is 4.79 Å². The van der Waals surface area contributed by atoms with Crippen LogP contribution in [0, 0.1) is 31.0 Å². The normalized spacial score (nSPS) is 11.1. The highest BCUT2D eigenvalue weighted by Crippen LogP contribution is 2.26. The van der Waals surface area contributed by atoms with Crippen molar-refractivity contribution in [3.05, 3.63) is 88.5 Å². The van der Waals surface area contributed by atoms with Crippen molar-refractivity contribution in [1.29, 1.82) is 5.26 Å². The number of halogens is 1. The SMILES string of the molecule is Cc1cc(C(=O)/C(C#N)=C/c2ccccc2OCC(=O)O)c(C)n1-c1ccccc1F. The maximum Gasteiger partial charge on any atom is 0.341 e. The molecule has 0 aliphatic carbocycles. The van der Waals surface area contributed by atoms with Crippen molar-refractivity contribution in [3.8, 4) is 17.5 Å². The summed E-state index contributed by atoms with van der Waals surface area (Å²) in [5.41, 5.74) is 1.98. The van der Waals surface area contributed by atoms with Gasteiger partial charge in [0.15, 0.2) is 6.61 Å². The van der Waals surface area contributed by atoms with Crippen molar-refractivity contribution in [3.63, 3.8) is 0 Å². The van der Waals surface area contributed by atoms with Crippen LogP contribution in [0.3, 0.4) is 0 Å². The van der Waals surface area contributed by atoms with Crippen molar-refractivity contribution in [1.82, 2.24) is 4.57 Å². The summed E-state index contributed by atoms with van der Waals surface area (Å²) >= 11 is 0. The van der Waals surface area contributed by atoms with Gasteiger partial charge in [0.05, 0.1) is 5.69 Å². The van der Waals surface area contributed by atoms with Gasteiger partial charge in [-0.2, -0.15) is 5.26 Å². The molecule has 0 radical (unpaired) electrons. The average Bonchev–Trinajstić information content (AvgIpc) is 3.05. The number of carbonyl (C=O) groups is 2. The molecular weight excluding hydrogens is 399 g/mol. The number of allylic oxidation sites excluding steroid dienone is 1. The number of hydrogen-bond donors (Lipinski definition) is 1. The lowest BCUT2D eigenvalue weighted by Crippen LogP contribution is -2.10. The minimum atomic E-state index is -1.14. The molecular formula is C24H19FN2O4. The minimum absolute atomic E-state index is 0.153. The summed E-state index contributed by atoms with van der Waals surface area (Å²) in [5.74, 6) is -1.85. The molecule has 6 nitrogen and oxygen atoms in total. The number of aryl methyl sites for hydroxylation is 1. The zero-order valence-electron chi connectivity index (χ0n) is 16.9. The summed E-state index contributed by atoms with van der Waals surface area (Å²) in [6, 6.07) is 16.3. The number of hydrogen-bond acceptors (Lipinski definition) is 4. The van der Waals surface area contributed by atoms with Gasteiger partial charge in [0.1, 0.15) is 23.2 Å². The molecule has 0 spiro atoms. The van der Waals surface area contributed by atoms with E-state index in [9.17, 15) is 19.2 Å². The topological polar surface area (TPSA) is 92.3 Å². The van der Waals surface area contributed by atoms with Crippen LogP contribution in [0.1, 0.15) is 27.3 Å². The van der Waals surface area contributed by atoms with Crippen LogP contribution in [0.25, 0.3) is 11.8 Å². The van der Waals surface area contributed by atoms with Crippen molar-refractivity contribution >= 4 is 17.8 Å². The van der Waals surface area contributed by atoms with E-state index in [-0.39, 0.29) is 16.9 Å². The van der Waals surface area contributed by atoms with Gasteiger partial charge in [0, 0.05) is 22.5 Å². The van der Waals surface area contributed by atoms with Crippen molar-refractivity contribution in [2.24, 2.45) is 0 Å². The summed E-state index contributed by atoms with van der Waals surface area (Å²) in [4.78, 5) is 23.9. The standard InChI is InChI=1S/C24H19FN2O4/c1-15-11-19(16(2)27(15)21-9-5-4-8-20(21)25)24(30)18(13-26)12-17-7-3-6-10-22(17)31-14-23(28)29/h3-12H,14H2,1-2H3,(H,28,29)/b18-12+. The average molecular weight is 418 g/mol. The molecule has 7 heteroatoms. The van der Waals surface area contributed by atoms with Crippen LogP contribution in [0.4, 0.5) is 4.39 Å². The monoisotopic (exact) mass is 418 g/mol. The van der Waals surface area contributed by atoms with Crippen molar-refractivity contribution in [2.45, 2.75) is 13.8 Å². The number of rotatable bonds is 7. The van der Waals surface area contributed by atoms with E-state index in [0.717, 1.165) is 0 Å². The summed E-state index contributed by atoms with van der Waals surface area (Å²) in [5, 5.41) is 18.4. The molecule has 0 unspecified atom stereocenters. The molecule has 0 aliphatic heterocycles. The van der Waals surface area contributed by atoms with Crippen LogP contribution in [0.5, 0.6) is 5.75 Å². The highest BCUT2D eigenvalue weighted by Gasteiger charge is 2.21. The van der Waals surface area contributed by atoms with Gasteiger partial charge in [-0.05, 0) is 44.2 Å². The Morgan fingerprint density at radius 1 is 1.16 bits per heavy atom. The molecule has 0 bridgehead atoms. The Labute approximate surface area is 178 Å². The lowest BCUT2D eigenvalue weighted by atomic mass is 10.0. The first-order valence-corrected chi connectivity index (χ1v) is 9.37. The van der Waals surface area contributed by atoms with E-state index in [4.69, 9.17) is 9.84 Å². The number of nitriles is 1.